The zero-order valence-electron chi connectivity index (χ0n) is 36.5. The second kappa shape index (κ2) is 16.8. The average molecular weight is 869 g/mol. The summed E-state index contributed by atoms with van der Waals surface area (Å²) >= 11 is 0. The lowest BCUT2D eigenvalue weighted by atomic mass is 9.47. The van der Waals surface area contributed by atoms with Gasteiger partial charge in [0.15, 0.2) is 24.7 Å². The Morgan fingerprint density at radius 3 is 1.97 bits per heavy atom. The Bertz CT molecular complexity index is 1590. The Balaban J connectivity index is 0.916. The van der Waals surface area contributed by atoms with Crippen molar-refractivity contribution in [2.24, 2.45) is 46.3 Å². The predicted molar refractivity (Wildman–Crippen MR) is 213 cm³/mol. The monoisotopic (exact) mass is 868 g/mol. The first kappa shape index (κ1) is 45.3. The highest BCUT2D eigenvalue weighted by Crippen LogP contribution is 2.70. The van der Waals surface area contributed by atoms with E-state index >= 15 is 0 Å². The second-order valence-electron chi connectivity index (χ2n) is 21.1. The van der Waals surface area contributed by atoms with Crippen LogP contribution in [-0.4, -0.2) is 164 Å². The van der Waals surface area contributed by atoms with E-state index in [1.807, 2.05) is 0 Å². The number of aliphatic hydroxyl groups is 8. The normalized spacial score (nSPS) is 58.4. The molecule has 26 atom stereocenters. The SMILES string of the molecule is C[C@@H]1CC[C@@]2(OC1)O[C@H]1C[C@H]3[C@@H]4CC=C5C[C@@H](O[C@@H]6O[C@H](CO)[C@H](O[C@@H]7O[C@@H](C)[C@H](O)[C@@H](O)[C@H]7O)[C@H](O)[C@H]6O[C@@H]6O[C@@H](C)[C@H](O)[C@@H](O)[C@H]6O)CC[C@]5(C)[C@H]4CC[C@]3(C)[C@H]1[C@@H]2C. The third-order valence-electron chi connectivity index (χ3n) is 17.6. The summed E-state index contributed by atoms with van der Waals surface area (Å²) in [6.45, 7) is 12.7. The summed E-state index contributed by atoms with van der Waals surface area (Å²) < 4.78 is 50.1. The molecule has 9 aliphatic rings. The topological polar surface area (TPSA) is 236 Å². The van der Waals surface area contributed by atoms with Gasteiger partial charge >= 0.3 is 0 Å². The molecule has 5 heterocycles. The van der Waals surface area contributed by atoms with E-state index < -0.39 is 105 Å². The van der Waals surface area contributed by atoms with Crippen LogP contribution >= 0.6 is 0 Å². The summed E-state index contributed by atoms with van der Waals surface area (Å²) in [5.41, 5.74) is 1.53. The van der Waals surface area contributed by atoms with Crippen molar-refractivity contribution in [2.75, 3.05) is 13.2 Å². The lowest BCUT2D eigenvalue weighted by molar-refractivity contribution is -0.388. The van der Waals surface area contributed by atoms with Gasteiger partial charge in [0.25, 0.3) is 0 Å². The van der Waals surface area contributed by atoms with Crippen molar-refractivity contribution in [3.05, 3.63) is 11.6 Å². The number of aliphatic hydroxyl groups excluding tert-OH is 8. The third kappa shape index (κ3) is 7.42. The van der Waals surface area contributed by atoms with Crippen molar-refractivity contribution in [1.82, 2.24) is 0 Å². The number of hydrogen-bond donors (Lipinski definition) is 8. The van der Waals surface area contributed by atoms with E-state index in [0.717, 1.165) is 45.1 Å². The van der Waals surface area contributed by atoms with Crippen LogP contribution in [-0.2, 0) is 37.9 Å². The van der Waals surface area contributed by atoms with Crippen LogP contribution < -0.4 is 0 Å². The fourth-order valence-corrected chi connectivity index (χ4v) is 14.0. The van der Waals surface area contributed by atoms with Crippen LogP contribution in [0.25, 0.3) is 0 Å². The molecule has 0 amide bonds. The average Bonchev–Trinajstić information content (AvgIpc) is 3.69. The van der Waals surface area contributed by atoms with Crippen LogP contribution in [0.2, 0.25) is 0 Å². The van der Waals surface area contributed by atoms with Gasteiger partial charge < -0.3 is 78.7 Å². The minimum atomic E-state index is -1.71. The molecule has 5 aliphatic heterocycles. The maximum absolute atomic E-state index is 12.0. The van der Waals surface area contributed by atoms with Gasteiger partial charge in [-0.15, -0.1) is 0 Å². The van der Waals surface area contributed by atoms with Gasteiger partial charge in [-0.2, -0.15) is 0 Å². The number of fused-ring (bicyclic) bond motifs is 7. The van der Waals surface area contributed by atoms with Gasteiger partial charge in [0.1, 0.15) is 61.0 Å². The van der Waals surface area contributed by atoms with Crippen LogP contribution in [0.3, 0.4) is 0 Å². The molecule has 0 aromatic rings. The Hall–Kier alpha value is -0.900. The molecular weight excluding hydrogens is 796 g/mol. The van der Waals surface area contributed by atoms with Gasteiger partial charge in [-0.25, -0.2) is 0 Å². The molecule has 348 valence electrons. The van der Waals surface area contributed by atoms with E-state index in [0.29, 0.717) is 48.3 Å². The molecule has 5 saturated heterocycles. The van der Waals surface area contributed by atoms with E-state index in [1.165, 1.54) is 25.8 Å². The maximum atomic E-state index is 12.0. The Morgan fingerprint density at radius 2 is 1.34 bits per heavy atom. The van der Waals surface area contributed by atoms with E-state index in [1.54, 1.807) is 0 Å². The van der Waals surface area contributed by atoms with Crippen LogP contribution in [0, 0.1) is 46.3 Å². The minimum absolute atomic E-state index is 0.0171. The molecule has 9 rings (SSSR count). The molecule has 4 aliphatic carbocycles. The molecule has 61 heavy (non-hydrogen) atoms. The first-order chi connectivity index (χ1) is 28.9. The zero-order chi connectivity index (χ0) is 43.5. The van der Waals surface area contributed by atoms with Gasteiger partial charge in [0.05, 0.1) is 37.6 Å². The molecule has 3 saturated carbocycles. The molecule has 8 fully saturated rings. The molecule has 0 radical (unpaired) electrons. The summed E-state index contributed by atoms with van der Waals surface area (Å²) in [7, 11) is 0. The molecule has 8 N–H and O–H groups in total. The van der Waals surface area contributed by atoms with Crippen molar-refractivity contribution in [3.8, 4) is 0 Å². The predicted octanol–water partition coefficient (Wildman–Crippen LogP) is 1.24. The molecular formula is C45H72O16. The largest absolute Gasteiger partial charge is 0.394 e. The number of rotatable bonds is 7. The Labute approximate surface area is 358 Å². The van der Waals surface area contributed by atoms with Gasteiger partial charge in [-0.3, -0.25) is 0 Å². The number of hydrogen-bond acceptors (Lipinski definition) is 16. The lowest BCUT2D eigenvalue weighted by Crippen LogP contribution is -2.66. The zero-order valence-corrected chi connectivity index (χ0v) is 36.5. The summed E-state index contributed by atoms with van der Waals surface area (Å²) in [4.78, 5) is 0. The summed E-state index contributed by atoms with van der Waals surface area (Å²) in [5.74, 6) is 2.64. The van der Waals surface area contributed by atoms with Crippen LogP contribution in [0.15, 0.2) is 11.6 Å². The minimum Gasteiger partial charge on any atom is -0.394 e. The highest BCUT2D eigenvalue weighted by Gasteiger charge is 2.69. The second-order valence-corrected chi connectivity index (χ2v) is 21.1. The van der Waals surface area contributed by atoms with E-state index in [4.69, 9.17) is 37.9 Å². The standard InChI is InChI=1S/C45H72O16/c1-19-9-14-45(54-18-19)20(2)30-28(61-45)16-27-25-8-7-23-15-24(10-12-43(23,5)26(25)11-13-44(27,30)6)57-42-39(60-41-36(52)34(50)32(48)22(4)56-41)37(53)38(29(17-46)58-42)59-40-35(51)33(49)31(47)21(3)55-40/h7,19-22,24-42,46-53H,8-18H2,1-6H3/t19-,20+,21+,22+,24+,25-,26+,27+,28+,29-,30+,31+,32+,33-,34-,35-,36-,37+,38+,39-,40+,41+,42-,43+,44+,45-/m1/s1. The Morgan fingerprint density at radius 1 is 0.689 bits per heavy atom. The van der Waals surface area contributed by atoms with Gasteiger partial charge in [-0.05, 0) is 106 Å². The maximum Gasteiger partial charge on any atom is 0.187 e. The van der Waals surface area contributed by atoms with Crippen LogP contribution in [0.1, 0.15) is 99.3 Å². The molecule has 0 unspecified atom stereocenters. The van der Waals surface area contributed by atoms with E-state index in [9.17, 15) is 40.9 Å². The van der Waals surface area contributed by atoms with Gasteiger partial charge in [-0.1, -0.05) is 39.3 Å². The highest BCUT2D eigenvalue weighted by molar-refractivity contribution is 5.26. The Kier molecular flexibility index (Phi) is 12.4. The fourth-order valence-electron chi connectivity index (χ4n) is 14.0. The molecule has 16 heteroatoms. The third-order valence-corrected chi connectivity index (χ3v) is 17.6. The smallest absolute Gasteiger partial charge is 0.187 e. The van der Waals surface area contributed by atoms with Gasteiger partial charge in [0, 0.05) is 12.3 Å². The lowest BCUT2D eigenvalue weighted by Gasteiger charge is -2.58. The quantitative estimate of drug-likeness (QED) is 0.168. The van der Waals surface area contributed by atoms with Gasteiger partial charge in [0.2, 0.25) is 0 Å². The molecule has 1 spiro atoms. The van der Waals surface area contributed by atoms with Crippen molar-refractivity contribution >= 4 is 0 Å². The summed E-state index contributed by atoms with van der Waals surface area (Å²) in [5, 5.41) is 85.9. The van der Waals surface area contributed by atoms with Crippen LogP contribution in [0.5, 0.6) is 0 Å². The summed E-state index contributed by atoms with van der Waals surface area (Å²) in [6, 6.07) is 0. The van der Waals surface area contributed by atoms with E-state index in [-0.39, 0.29) is 23.0 Å². The van der Waals surface area contributed by atoms with Crippen molar-refractivity contribution in [2.45, 2.75) is 209 Å². The fraction of sp³-hybridized carbons (Fsp3) is 0.956. The summed E-state index contributed by atoms with van der Waals surface area (Å²) in [6.07, 6.45) is -10.4. The first-order valence-electron chi connectivity index (χ1n) is 23.2. The van der Waals surface area contributed by atoms with E-state index in [2.05, 4.69) is 33.8 Å². The molecule has 0 bridgehead atoms. The van der Waals surface area contributed by atoms with Crippen molar-refractivity contribution < 1.29 is 78.7 Å². The number of allylic oxidation sites excluding steroid dienone is 1. The molecule has 16 nitrogen and oxygen atoms in total. The molecule has 0 aromatic carbocycles. The van der Waals surface area contributed by atoms with Crippen molar-refractivity contribution in [1.29, 1.82) is 0 Å². The highest BCUT2D eigenvalue weighted by atomic mass is 16.8. The van der Waals surface area contributed by atoms with Crippen LogP contribution in [0.4, 0.5) is 0 Å². The number of ether oxygens (including phenoxy) is 8. The first-order valence-corrected chi connectivity index (χ1v) is 23.2. The molecule has 0 aromatic heterocycles. The van der Waals surface area contributed by atoms with Crippen molar-refractivity contribution in [3.63, 3.8) is 0 Å².